The van der Waals surface area contributed by atoms with Crippen molar-refractivity contribution in [1.29, 1.82) is 0 Å². The van der Waals surface area contributed by atoms with Crippen LogP contribution in [-0.2, 0) is 9.53 Å². The molecule has 5 heteroatoms. The predicted octanol–water partition coefficient (Wildman–Crippen LogP) is 1.69. The fraction of sp³-hybridized carbons (Fsp3) is 0.562. The van der Waals surface area contributed by atoms with E-state index in [0.717, 1.165) is 29.7 Å². The van der Waals surface area contributed by atoms with Crippen LogP contribution in [0.2, 0.25) is 0 Å². The minimum absolute atomic E-state index is 0.00503. The Morgan fingerprint density at radius 1 is 1.48 bits per heavy atom. The molecule has 0 radical (unpaired) electrons. The van der Waals surface area contributed by atoms with Crippen molar-refractivity contribution in [2.75, 3.05) is 19.8 Å². The third kappa shape index (κ3) is 4.72. The Hall–Kier alpha value is -1.59. The van der Waals surface area contributed by atoms with Crippen molar-refractivity contribution in [2.24, 2.45) is 5.73 Å². The summed E-state index contributed by atoms with van der Waals surface area (Å²) in [5.74, 6) is 0.638. The summed E-state index contributed by atoms with van der Waals surface area (Å²) >= 11 is 0. The Morgan fingerprint density at radius 3 is 2.81 bits per heavy atom. The maximum atomic E-state index is 11.9. The molecule has 3 N–H and O–H groups in total. The van der Waals surface area contributed by atoms with E-state index in [1.54, 1.807) is 0 Å². The molecule has 0 bridgehead atoms. The average molecular weight is 292 g/mol. The van der Waals surface area contributed by atoms with Crippen molar-refractivity contribution in [1.82, 2.24) is 5.32 Å². The molecule has 1 amide bonds. The average Bonchev–Trinajstić information content (AvgIpc) is 2.47. The molecule has 21 heavy (non-hydrogen) atoms. The summed E-state index contributed by atoms with van der Waals surface area (Å²) in [5, 5.41) is 2.97. The molecular weight excluding hydrogens is 268 g/mol. The van der Waals surface area contributed by atoms with E-state index >= 15 is 0 Å². The lowest BCUT2D eigenvalue weighted by atomic mass is 10.1. The van der Waals surface area contributed by atoms with E-state index in [2.05, 4.69) is 5.32 Å². The van der Waals surface area contributed by atoms with Gasteiger partial charge in [0.25, 0.3) is 5.91 Å². The van der Waals surface area contributed by atoms with Crippen LogP contribution >= 0.6 is 0 Å². The van der Waals surface area contributed by atoms with E-state index in [0.29, 0.717) is 13.2 Å². The second-order valence-corrected chi connectivity index (χ2v) is 5.56. The maximum Gasteiger partial charge on any atom is 0.258 e. The summed E-state index contributed by atoms with van der Waals surface area (Å²) in [6.07, 6.45) is 1.74. The number of rotatable bonds is 5. The highest BCUT2D eigenvalue weighted by Crippen LogP contribution is 2.21. The van der Waals surface area contributed by atoms with Crippen molar-refractivity contribution in [2.45, 2.75) is 38.8 Å². The molecule has 1 aromatic rings. The zero-order valence-electron chi connectivity index (χ0n) is 12.7. The normalized spacial score (nSPS) is 17.3. The van der Waals surface area contributed by atoms with Gasteiger partial charge in [-0.3, -0.25) is 4.79 Å². The second kappa shape index (κ2) is 7.43. The SMILES string of the molecule is Cc1cc([C@@H](C)N)ccc1OCC(=O)NC1CCOCC1. The Kier molecular flexibility index (Phi) is 5.59. The highest BCUT2D eigenvalue weighted by Gasteiger charge is 2.16. The number of benzene rings is 1. The Balaban J connectivity index is 1.83. The number of carbonyl (C=O) groups excluding carboxylic acids is 1. The monoisotopic (exact) mass is 292 g/mol. The summed E-state index contributed by atoms with van der Waals surface area (Å²) in [6, 6.07) is 6.00. The van der Waals surface area contributed by atoms with Gasteiger partial charge in [0.05, 0.1) is 0 Å². The van der Waals surface area contributed by atoms with Crippen LogP contribution in [-0.4, -0.2) is 31.8 Å². The first-order valence-corrected chi connectivity index (χ1v) is 7.42. The van der Waals surface area contributed by atoms with Crippen molar-refractivity contribution >= 4 is 5.91 Å². The first-order valence-electron chi connectivity index (χ1n) is 7.42. The number of aryl methyl sites for hydroxylation is 1. The number of ether oxygens (including phenoxy) is 2. The van der Waals surface area contributed by atoms with Gasteiger partial charge in [0.2, 0.25) is 0 Å². The van der Waals surface area contributed by atoms with Gasteiger partial charge in [-0.2, -0.15) is 0 Å². The van der Waals surface area contributed by atoms with Crippen LogP contribution in [0, 0.1) is 6.92 Å². The smallest absolute Gasteiger partial charge is 0.258 e. The van der Waals surface area contributed by atoms with Gasteiger partial charge < -0.3 is 20.5 Å². The molecular formula is C16H24N2O3. The van der Waals surface area contributed by atoms with Gasteiger partial charge in [-0.05, 0) is 43.9 Å². The maximum absolute atomic E-state index is 11.9. The molecule has 116 valence electrons. The summed E-state index contributed by atoms with van der Waals surface area (Å²) < 4.78 is 10.9. The third-order valence-electron chi connectivity index (χ3n) is 3.67. The number of nitrogens with two attached hydrogens (primary N) is 1. The Labute approximate surface area is 125 Å². The predicted molar refractivity (Wildman–Crippen MR) is 81.3 cm³/mol. The number of nitrogens with one attached hydrogen (secondary N) is 1. The molecule has 0 aromatic heterocycles. The van der Waals surface area contributed by atoms with Gasteiger partial charge >= 0.3 is 0 Å². The van der Waals surface area contributed by atoms with E-state index < -0.39 is 0 Å². The topological polar surface area (TPSA) is 73.6 Å². The van der Waals surface area contributed by atoms with Gasteiger partial charge in [-0.15, -0.1) is 0 Å². The van der Waals surface area contributed by atoms with E-state index in [-0.39, 0.29) is 24.6 Å². The second-order valence-electron chi connectivity index (χ2n) is 5.56. The zero-order valence-corrected chi connectivity index (χ0v) is 12.7. The largest absolute Gasteiger partial charge is 0.484 e. The molecule has 1 aliphatic rings. The van der Waals surface area contributed by atoms with Crippen molar-refractivity contribution < 1.29 is 14.3 Å². The van der Waals surface area contributed by atoms with Crippen LogP contribution < -0.4 is 15.8 Å². The zero-order chi connectivity index (χ0) is 15.2. The molecule has 1 aliphatic heterocycles. The van der Waals surface area contributed by atoms with Gasteiger partial charge in [0, 0.05) is 25.3 Å². The van der Waals surface area contributed by atoms with Crippen LogP contribution in [0.3, 0.4) is 0 Å². The Bertz CT molecular complexity index is 482. The molecule has 2 rings (SSSR count). The lowest BCUT2D eigenvalue weighted by Crippen LogP contribution is -2.41. The first-order chi connectivity index (χ1) is 10.1. The molecule has 1 saturated heterocycles. The highest BCUT2D eigenvalue weighted by molar-refractivity contribution is 5.77. The minimum atomic E-state index is -0.0856. The minimum Gasteiger partial charge on any atom is -0.484 e. The van der Waals surface area contributed by atoms with Crippen LogP contribution in [0.15, 0.2) is 18.2 Å². The molecule has 1 fully saturated rings. The van der Waals surface area contributed by atoms with Crippen LogP contribution in [0.5, 0.6) is 5.75 Å². The number of hydrogen-bond acceptors (Lipinski definition) is 4. The molecule has 0 unspecified atom stereocenters. The molecule has 1 atom stereocenters. The summed E-state index contributed by atoms with van der Waals surface area (Å²) in [7, 11) is 0. The van der Waals surface area contributed by atoms with Crippen LogP contribution in [0.4, 0.5) is 0 Å². The van der Waals surface area contributed by atoms with Gasteiger partial charge in [0.15, 0.2) is 6.61 Å². The molecule has 0 spiro atoms. The number of hydrogen-bond donors (Lipinski definition) is 2. The van der Waals surface area contributed by atoms with Crippen molar-refractivity contribution in [3.8, 4) is 5.75 Å². The molecule has 0 aliphatic carbocycles. The lowest BCUT2D eigenvalue weighted by Gasteiger charge is -2.23. The van der Waals surface area contributed by atoms with Crippen LogP contribution in [0.25, 0.3) is 0 Å². The van der Waals surface area contributed by atoms with Crippen molar-refractivity contribution in [3.05, 3.63) is 29.3 Å². The van der Waals surface area contributed by atoms with Gasteiger partial charge in [-0.25, -0.2) is 0 Å². The van der Waals surface area contributed by atoms with E-state index in [9.17, 15) is 4.79 Å². The third-order valence-corrected chi connectivity index (χ3v) is 3.67. The van der Waals surface area contributed by atoms with Crippen molar-refractivity contribution in [3.63, 3.8) is 0 Å². The molecule has 1 heterocycles. The molecule has 5 nitrogen and oxygen atoms in total. The van der Waals surface area contributed by atoms with Gasteiger partial charge in [0.1, 0.15) is 5.75 Å². The molecule has 1 aromatic carbocycles. The van der Waals surface area contributed by atoms with Gasteiger partial charge in [-0.1, -0.05) is 12.1 Å². The number of amides is 1. The highest BCUT2D eigenvalue weighted by atomic mass is 16.5. The fourth-order valence-electron chi connectivity index (χ4n) is 2.37. The van der Waals surface area contributed by atoms with E-state index in [1.807, 2.05) is 32.0 Å². The standard InChI is InChI=1S/C16H24N2O3/c1-11-9-13(12(2)17)3-4-15(11)21-10-16(19)18-14-5-7-20-8-6-14/h3-4,9,12,14H,5-8,10,17H2,1-2H3,(H,18,19)/t12-/m1/s1. The van der Waals surface area contributed by atoms with E-state index in [1.165, 1.54) is 0 Å². The van der Waals surface area contributed by atoms with E-state index in [4.69, 9.17) is 15.2 Å². The lowest BCUT2D eigenvalue weighted by molar-refractivity contribution is -0.124. The first kappa shape index (κ1) is 15.8. The summed E-state index contributed by atoms with van der Waals surface area (Å²) in [5.41, 5.74) is 7.89. The fourth-order valence-corrected chi connectivity index (χ4v) is 2.37. The number of carbonyl (C=O) groups is 1. The molecule has 0 saturated carbocycles. The summed E-state index contributed by atoms with van der Waals surface area (Å²) in [4.78, 5) is 11.9. The van der Waals surface area contributed by atoms with Crippen LogP contribution in [0.1, 0.15) is 36.9 Å². The Morgan fingerprint density at radius 2 is 2.19 bits per heavy atom. The summed E-state index contributed by atoms with van der Waals surface area (Å²) in [6.45, 7) is 5.36. The quantitative estimate of drug-likeness (QED) is 0.866.